The molecule has 1 aliphatic carbocycles. The Bertz CT molecular complexity index is 770. The van der Waals surface area contributed by atoms with Gasteiger partial charge in [0.1, 0.15) is 0 Å². The van der Waals surface area contributed by atoms with Gasteiger partial charge in [-0.15, -0.1) is 0 Å². The summed E-state index contributed by atoms with van der Waals surface area (Å²) in [4.78, 5) is 15.0. The number of aromatic nitrogens is 2. The van der Waals surface area contributed by atoms with Gasteiger partial charge in [0, 0.05) is 30.4 Å². The van der Waals surface area contributed by atoms with Crippen molar-refractivity contribution in [3.05, 3.63) is 46.8 Å². The molecule has 0 saturated carbocycles. The summed E-state index contributed by atoms with van der Waals surface area (Å²) in [5.74, 6) is 0.0795. The van der Waals surface area contributed by atoms with Crippen molar-refractivity contribution in [1.29, 1.82) is 0 Å². The van der Waals surface area contributed by atoms with Gasteiger partial charge in [-0.2, -0.15) is 5.10 Å². The summed E-state index contributed by atoms with van der Waals surface area (Å²) in [5.41, 5.74) is 11.3. The van der Waals surface area contributed by atoms with Gasteiger partial charge in [-0.25, -0.2) is 4.68 Å². The first-order valence-corrected chi connectivity index (χ1v) is 9.36. The second-order valence-corrected chi connectivity index (χ2v) is 7.36. The highest BCUT2D eigenvalue weighted by molar-refractivity contribution is 5.94. The van der Waals surface area contributed by atoms with Gasteiger partial charge in [-0.3, -0.25) is 4.79 Å². The summed E-state index contributed by atoms with van der Waals surface area (Å²) in [6, 6.07) is 8.60. The molecule has 1 aliphatic heterocycles. The molecule has 1 aromatic carbocycles. The Morgan fingerprint density at radius 3 is 2.52 bits per heavy atom. The van der Waals surface area contributed by atoms with Crippen LogP contribution < -0.4 is 5.73 Å². The number of likely N-dealkylation sites (tertiary alicyclic amines) is 1. The Labute approximate surface area is 148 Å². The summed E-state index contributed by atoms with van der Waals surface area (Å²) >= 11 is 0. The van der Waals surface area contributed by atoms with Crippen LogP contribution in [-0.4, -0.2) is 39.7 Å². The van der Waals surface area contributed by atoms with E-state index < -0.39 is 0 Å². The van der Waals surface area contributed by atoms with Crippen LogP contribution in [0.15, 0.2) is 24.3 Å². The number of hydrogen-bond acceptors (Lipinski definition) is 3. The van der Waals surface area contributed by atoms with Crippen LogP contribution in [0.3, 0.4) is 0 Å². The minimum atomic E-state index is 0.0795. The zero-order valence-electron chi connectivity index (χ0n) is 14.9. The van der Waals surface area contributed by atoms with Crippen LogP contribution in [0.25, 0.3) is 5.69 Å². The van der Waals surface area contributed by atoms with E-state index in [4.69, 9.17) is 10.8 Å². The molecule has 1 saturated heterocycles. The average molecular weight is 338 g/mol. The smallest absolute Gasteiger partial charge is 0.274 e. The van der Waals surface area contributed by atoms with E-state index in [9.17, 15) is 4.79 Å². The first-order valence-electron chi connectivity index (χ1n) is 9.36. The van der Waals surface area contributed by atoms with Crippen LogP contribution in [-0.2, 0) is 12.8 Å². The van der Waals surface area contributed by atoms with Crippen molar-refractivity contribution in [3.63, 3.8) is 0 Å². The maximum Gasteiger partial charge on any atom is 0.274 e. The Balaban J connectivity index is 1.70. The quantitative estimate of drug-likeness (QED) is 0.915. The van der Waals surface area contributed by atoms with E-state index in [1.807, 2.05) is 9.58 Å². The highest BCUT2D eigenvalue weighted by Crippen LogP contribution is 2.28. The lowest BCUT2D eigenvalue weighted by Gasteiger charge is -2.30. The fourth-order valence-corrected chi connectivity index (χ4v) is 3.92. The minimum Gasteiger partial charge on any atom is -0.337 e. The molecule has 0 radical (unpaired) electrons. The Kier molecular flexibility index (Phi) is 4.34. The SMILES string of the molecule is Cc1ccc(-n2nc(C(=O)N3CCC(N)CC3)c3c2CCCC3)cc1. The van der Waals surface area contributed by atoms with E-state index in [0.717, 1.165) is 62.9 Å². The molecule has 1 fully saturated rings. The van der Waals surface area contributed by atoms with Gasteiger partial charge in [-0.05, 0) is 57.6 Å². The molecule has 2 aromatic rings. The molecule has 5 nitrogen and oxygen atoms in total. The number of amides is 1. The van der Waals surface area contributed by atoms with Gasteiger partial charge in [0.05, 0.1) is 5.69 Å². The molecule has 132 valence electrons. The Morgan fingerprint density at radius 1 is 1.12 bits per heavy atom. The number of hydrogen-bond donors (Lipinski definition) is 1. The molecule has 4 rings (SSSR count). The lowest BCUT2D eigenvalue weighted by Crippen LogP contribution is -2.43. The summed E-state index contributed by atoms with van der Waals surface area (Å²) in [5, 5.41) is 4.78. The standard InChI is InChI=1S/C20H26N4O/c1-14-6-8-16(9-7-14)24-18-5-3-2-4-17(18)19(22-24)20(25)23-12-10-15(21)11-13-23/h6-9,15H,2-5,10-13,21H2,1H3. The molecule has 2 aliphatic rings. The largest absolute Gasteiger partial charge is 0.337 e. The average Bonchev–Trinajstić information content (AvgIpc) is 3.02. The van der Waals surface area contributed by atoms with Crippen LogP contribution >= 0.6 is 0 Å². The lowest BCUT2D eigenvalue weighted by atomic mass is 9.95. The molecule has 2 N–H and O–H groups in total. The number of aryl methyl sites for hydroxylation is 1. The van der Waals surface area contributed by atoms with Crippen molar-refractivity contribution in [1.82, 2.24) is 14.7 Å². The maximum absolute atomic E-state index is 13.1. The lowest BCUT2D eigenvalue weighted by molar-refractivity contribution is 0.0707. The second-order valence-electron chi connectivity index (χ2n) is 7.36. The number of carbonyl (C=O) groups excluding carboxylic acids is 1. The van der Waals surface area contributed by atoms with Crippen molar-refractivity contribution < 1.29 is 4.79 Å². The van der Waals surface area contributed by atoms with Crippen molar-refractivity contribution in [2.75, 3.05) is 13.1 Å². The van der Waals surface area contributed by atoms with Crippen molar-refractivity contribution in [2.24, 2.45) is 5.73 Å². The van der Waals surface area contributed by atoms with E-state index in [-0.39, 0.29) is 11.9 Å². The first kappa shape index (κ1) is 16.3. The van der Waals surface area contributed by atoms with Gasteiger partial charge in [0.2, 0.25) is 0 Å². The van der Waals surface area contributed by atoms with Crippen LogP contribution in [0.1, 0.15) is 53.0 Å². The molecule has 1 amide bonds. The molecular formula is C20H26N4O. The molecule has 0 spiro atoms. The number of nitrogens with zero attached hydrogens (tertiary/aromatic N) is 3. The summed E-state index contributed by atoms with van der Waals surface area (Å²) in [6.07, 6.45) is 6.01. The van der Waals surface area contributed by atoms with E-state index in [2.05, 4.69) is 31.2 Å². The van der Waals surface area contributed by atoms with E-state index in [1.54, 1.807) is 0 Å². The van der Waals surface area contributed by atoms with Crippen molar-refractivity contribution in [2.45, 2.75) is 51.5 Å². The van der Waals surface area contributed by atoms with Crippen LogP contribution in [0.4, 0.5) is 0 Å². The highest BCUT2D eigenvalue weighted by Gasteiger charge is 2.30. The maximum atomic E-state index is 13.1. The summed E-state index contributed by atoms with van der Waals surface area (Å²) in [6.45, 7) is 3.57. The van der Waals surface area contributed by atoms with Crippen LogP contribution in [0, 0.1) is 6.92 Å². The van der Waals surface area contributed by atoms with E-state index in [0.29, 0.717) is 5.69 Å². The fraction of sp³-hybridized carbons (Fsp3) is 0.500. The third kappa shape index (κ3) is 3.09. The third-order valence-corrected chi connectivity index (χ3v) is 5.49. The highest BCUT2D eigenvalue weighted by atomic mass is 16.2. The monoisotopic (exact) mass is 338 g/mol. The zero-order valence-corrected chi connectivity index (χ0v) is 14.9. The predicted octanol–water partition coefficient (Wildman–Crippen LogP) is 2.62. The number of benzene rings is 1. The van der Waals surface area contributed by atoms with Gasteiger partial charge in [0.15, 0.2) is 5.69 Å². The summed E-state index contributed by atoms with van der Waals surface area (Å²) in [7, 11) is 0. The van der Waals surface area contributed by atoms with Gasteiger partial charge in [0.25, 0.3) is 5.91 Å². The normalized spacial score (nSPS) is 18.2. The van der Waals surface area contributed by atoms with Crippen LogP contribution in [0.2, 0.25) is 0 Å². The molecule has 0 atom stereocenters. The molecule has 2 heterocycles. The predicted molar refractivity (Wildman–Crippen MR) is 98.1 cm³/mol. The number of piperidine rings is 1. The minimum absolute atomic E-state index is 0.0795. The molecule has 0 unspecified atom stereocenters. The van der Waals surface area contributed by atoms with Crippen molar-refractivity contribution in [3.8, 4) is 5.69 Å². The van der Waals surface area contributed by atoms with Gasteiger partial charge < -0.3 is 10.6 Å². The van der Waals surface area contributed by atoms with E-state index >= 15 is 0 Å². The molecular weight excluding hydrogens is 312 g/mol. The fourth-order valence-electron chi connectivity index (χ4n) is 3.92. The molecule has 1 aromatic heterocycles. The van der Waals surface area contributed by atoms with Gasteiger partial charge >= 0.3 is 0 Å². The zero-order chi connectivity index (χ0) is 17.4. The van der Waals surface area contributed by atoms with E-state index in [1.165, 1.54) is 11.3 Å². The molecule has 5 heteroatoms. The molecule has 25 heavy (non-hydrogen) atoms. The van der Waals surface area contributed by atoms with Crippen LogP contribution in [0.5, 0.6) is 0 Å². The van der Waals surface area contributed by atoms with Crippen molar-refractivity contribution >= 4 is 5.91 Å². The van der Waals surface area contributed by atoms with Gasteiger partial charge in [-0.1, -0.05) is 17.7 Å². The number of fused-ring (bicyclic) bond motifs is 1. The number of nitrogens with two attached hydrogens (primary N) is 1. The third-order valence-electron chi connectivity index (χ3n) is 5.49. The molecule has 0 bridgehead atoms. The summed E-state index contributed by atoms with van der Waals surface area (Å²) < 4.78 is 2.00. The number of rotatable bonds is 2. The second kappa shape index (κ2) is 6.64. The Morgan fingerprint density at radius 2 is 1.80 bits per heavy atom. The Hall–Kier alpha value is -2.14. The first-order chi connectivity index (χ1) is 12.1. The topological polar surface area (TPSA) is 64.2 Å². The number of carbonyl (C=O) groups is 1.